The van der Waals surface area contributed by atoms with Gasteiger partial charge in [-0.25, -0.2) is 0 Å². The zero-order chi connectivity index (χ0) is 14.7. The fraction of sp³-hybridized carbons (Fsp3) is 0.357. The minimum atomic E-state index is 0.212. The van der Waals surface area contributed by atoms with Crippen LogP contribution in [0.3, 0.4) is 0 Å². The fourth-order valence-electron chi connectivity index (χ4n) is 1.99. The molecule has 1 N–H and O–H groups in total. The van der Waals surface area contributed by atoms with Gasteiger partial charge in [-0.1, -0.05) is 0 Å². The second kappa shape index (κ2) is 5.92. The molecule has 21 heavy (non-hydrogen) atoms. The van der Waals surface area contributed by atoms with Gasteiger partial charge in [0.05, 0.1) is 18.8 Å². The van der Waals surface area contributed by atoms with E-state index in [4.69, 9.17) is 8.83 Å². The van der Waals surface area contributed by atoms with Crippen LogP contribution < -0.4 is 5.32 Å². The minimum Gasteiger partial charge on any atom is -0.459 e. The molecule has 0 saturated heterocycles. The van der Waals surface area contributed by atoms with Gasteiger partial charge in [0.2, 0.25) is 5.89 Å². The molecule has 3 heterocycles. The third-order valence-electron chi connectivity index (χ3n) is 3.44. The third kappa shape index (κ3) is 3.03. The average Bonchev–Trinajstić information content (AvgIpc) is 3.25. The highest BCUT2D eigenvalue weighted by Crippen LogP contribution is 2.18. The average molecular weight is 287 g/mol. The van der Waals surface area contributed by atoms with Crippen LogP contribution in [0.5, 0.6) is 0 Å². The highest BCUT2D eigenvalue weighted by atomic mass is 16.4. The molecule has 3 rings (SSSR count). The summed E-state index contributed by atoms with van der Waals surface area (Å²) in [5.41, 5.74) is 0. The molecule has 0 amide bonds. The maximum absolute atomic E-state index is 5.55. The van der Waals surface area contributed by atoms with E-state index in [1.54, 1.807) is 24.6 Å². The second-order valence-corrected chi connectivity index (χ2v) is 4.87. The van der Waals surface area contributed by atoms with Crippen LogP contribution in [0.2, 0.25) is 0 Å². The zero-order valence-electron chi connectivity index (χ0n) is 11.9. The first-order valence-electron chi connectivity index (χ1n) is 6.83. The SMILES string of the molecule is C[C@@H](NCc1nnc(-c2ccco2)o1)[C@H](C)n1cccn1. The predicted molar refractivity (Wildman–Crippen MR) is 75.2 cm³/mol. The Morgan fingerprint density at radius 1 is 1.29 bits per heavy atom. The molecule has 3 aromatic rings. The van der Waals surface area contributed by atoms with Crippen molar-refractivity contribution >= 4 is 0 Å². The van der Waals surface area contributed by atoms with Crippen molar-refractivity contribution in [2.45, 2.75) is 32.5 Å². The van der Waals surface area contributed by atoms with E-state index in [0.717, 1.165) is 0 Å². The summed E-state index contributed by atoms with van der Waals surface area (Å²) in [6.07, 6.45) is 5.30. The Morgan fingerprint density at radius 3 is 2.90 bits per heavy atom. The molecule has 7 nitrogen and oxygen atoms in total. The Morgan fingerprint density at radius 2 is 2.19 bits per heavy atom. The number of aromatic nitrogens is 4. The van der Waals surface area contributed by atoms with Gasteiger partial charge in [0, 0.05) is 18.4 Å². The van der Waals surface area contributed by atoms with E-state index in [2.05, 4.69) is 34.5 Å². The second-order valence-electron chi connectivity index (χ2n) is 4.87. The lowest BCUT2D eigenvalue weighted by atomic mass is 10.2. The molecule has 2 atom stereocenters. The molecule has 0 aliphatic carbocycles. The van der Waals surface area contributed by atoms with E-state index in [9.17, 15) is 0 Å². The first-order valence-corrected chi connectivity index (χ1v) is 6.83. The van der Waals surface area contributed by atoms with Crippen molar-refractivity contribution in [2.75, 3.05) is 0 Å². The quantitative estimate of drug-likeness (QED) is 0.749. The number of nitrogens with zero attached hydrogens (tertiary/aromatic N) is 4. The smallest absolute Gasteiger partial charge is 0.283 e. The van der Waals surface area contributed by atoms with E-state index in [0.29, 0.717) is 24.1 Å². The zero-order valence-corrected chi connectivity index (χ0v) is 11.9. The van der Waals surface area contributed by atoms with Crippen LogP contribution in [-0.4, -0.2) is 26.0 Å². The topological polar surface area (TPSA) is 81.9 Å². The van der Waals surface area contributed by atoms with Crippen LogP contribution in [0.15, 0.2) is 45.7 Å². The molecule has 0 spiro atoms. The Kier molecular flexibility index (Phi) is 3.83. The van der Waals surface area contributed by atoms with Gasteiger partial charge in [0.1, 0.15) is 0 Å². The van der Waals surface area contributed by atoms with E-state index in [1.807, 2.05) is 16.9 Å². The molecule has 3 aromatic heterocycles. The summed E-state index contributed by atoms with van der Waals surface area (Å²) in [6, 6.07) is 5.92. The fourth-order valence-corrected chi connectivity index (χ4v) is 1.99. The number of rotatable bonds is 6. The van der Waals surface area contributed by atoms with E-state index >= 15 is 0 Å². The minimum absolute atomic E-state index is 0.212. The Balaban J connectivity index is 1.58. The summed E-state index contributed by atoms with van der Waals surface area (Å²) in [6.45, 7) is 4.70. The molecular weight excluding hydrogens is 270 g/mol. The van der Waals surface area contributed by atoms with Gasteiger partial charge >= 0.3 is 0 Å². The molecule has 7 heteroatoms. The first-order chi connectivity index (χ1) is 10.2. The summed E-state index contributed by atoms with van der Waals surface area (Å²) >= 11 is 0. The molecule has 110 valence electrons. The maximum Gasteiger partial charge on any atom is 0.283 e. The van der Waals surface area contributed by atoms with Crippen molar-refractivity contribution in [3.05, 3.63) is 42.7 Å². The van der Waals surface area contributed by atoms with Crippen LogP contribution in [0.25, 0.3) is 11.7 Å². The Bertz CT molecular complexity index is 659. The van der Waals surface area contributed by atoms with Gasteiger partial charge in [-0.2, -0.15) is 5.10 Å². The largest absolute Gasteiger partial charge is 0.459 e. The summed E-state index contributed by atoms with van der Waals surface area (Å²) in [5.74, 6) is 1.50. The van der Waals surface area contributed by atoms with Crippen molar-refractivity contribution in [1.29, 1.82) is 0 Å². The number of furan rings is 1. The van der Waals surface area contributed by atoms with Crippen LogP contribution in [-0.2, 0) is 6.54 Å². The Hall–Kier alpha value is -2.41. The lowest BCUT2D eigenvalue weighted by molar-refractivity contribution is 0.348. The summed E-state index contributed by atoms with van der Waals surface area (Å²) in [4.78, 5) is 0. The van der Waals surface area contributed by atoms with E-state index in [1.165, 1.54) is 0 Å². The van der Waals surface area contributed by atoms with E-state index < -0.39 is 0 Å². The highest BCUT2D eigenvalue weighted by molar-refractivity contribution is 5.42. The van der Waals surface area contributed by atoms with Gasteiger partial charge in [-0.05, 0) is 32.0 Å². The van der Waals surface area contributed by atoms with Crippen LogP contribution in [0, 0.1) is 0 Å². The molecule has 0 aliphatic heterocycles. The predicted octanol–water partition coefficient (Wildman–Crippen LogP) is 2.27. The molecule has 0 aliphatic rings. The van der Waals surface area contributed by atoms with Crippen molar-refractivity contribution in [1.82, 2.24) is 25.3 Å². The molecule has 0 saturated carbocycles. The van der Waals surface area contributed by atoms with Crippen molar-refractivity contribution < 1.29 is 8.83 Å². The van der Waals surface area contributed by atoms with Gasteiger partial charge in [0.15, 0.2) is 5.76 Å². The monoisotopic (exact) mass is 287 g/mol. The standard InChI is InChI=1S/C14H17N5O2/c1-10(11(2)19-7-4-6-16-19)15-9-13-17-18-14(21-13)12-5-3-8-20-12/h3-8,10-11,15H,9H2,1-2H3/t10-,11+/m1/s1. The van der Waals surface area contributed by atoms with E-state index in [-0.39, 0.29) is 12.1 Å². The van der Waals surface area contributed by atoms with Gasteiger partial charge in [-0.3, -0.25) is 4.68 Å². The number of nitrogens with one attached hydrogen (secondary N) is 1. The molecule has 0 bridgehead atoms. The molecule has 0 fully saturated rings. The molecule has 0 aromatic carbocycles. The van der Waals surface area contributed by atoms with Gasteiger partial charge < -0.3 is 14.2 Å². The van der Waals surface area contributed by atoms with Crippen LogP contribution >= 0.6 is 0 Å². The molecule has 0 unspecified atom stereocenters. The summed E-state index contributed by atoms with van der Waals surface area (Å²) < 4.78 is 12.7. The van der Waals surface area contributed by atoms with Gasteiger partial charge in [-0.15, -0.1) is 10.2 Å². The third-order valence-corrected chi connectivity index (χ3v) is 3.44. The summed E-state index contributed by atoms with van der Waals surface area (Å²) in [5, 5.41) is 15.6. The van der Waals surface area contributed by atoms with Crippen molar-refractivity contribution in [3.8, 4) is 11.7 Å². The van der Waals surface area contributed by atoms with Crippen LogP contribution in [0.4, 0.5) is 0 Å². The van der Waals surface area contributed by atoms with Crippen LogP contribution in [0.1, 0.15) is 25.8 Å². The highest BCUT2D eigenvalue weighted by Gasteiger charge is 2.16. The normalized spacial score (nSPS) is 14.2. The number of hydrogen-bond acceptors (Lipinski definition) is 6. The molecular formula is C14H17N5O2. The lowest BCUT2D eigenvalue weighted by Gasteiger charge is -2.20. The van der Waals surface area contributed by atoms with Gasteiger partial charge in [0.25, 0.3) is 5.89 Å². The van der Waals surface area contributed by atoms with Crippen molar-refractivity contribution in [3.63, 3.8) is 0 Å². The lowest BCUT2D eigenvalue weighted by Crippen LogP contribution is -2.33. The maximum atomic E-state index is 5.55. The molecule has 0 radical (unpaired) electrons. The summed E-state index contributed by atoms with van der Waals surface area (Å²) in [7, 11) is 0. The first kappa shape index (κ1) is 13.6. The number of hydrogen-bond donors (Lipinski definition) is 1. The van der Waals surface area contributed by atoms with Crippen molar-refractivity contribution in [2.24, 2.45) is 0 Å². The Labute approximate surface area is 122 Å².